The zero-order chi connectivity index (χ0) is 20.9. The van der Waals surface area contributed by atoms with Crippen LogP contribution < -0.4 is 10.2 Å². The van der Waals surface area contributed by atoms with Crippen molar-refractivity contribution < 1.29 is 18.0 Å². The van der Waals surface area contributed by atoms with Crippen molar-refractivity contribution >= 4 is 29.3 Å². The molecule has 1 N–H and O–H groups in total. The maximum Gasteiger partial charge on any atom is 0.234 e. The maximum atomic E-state index is 13.3. The van der Waals surface area contributed by atoms with E-state index < -0.39 is 17.5 Å². The molecule has 30 heavy (non-hydrogen) atoms. The fourth-order valence-electron chi connectivity index (χ4n) is 3.37. The molecule has 1 fully saturated rings. The smallest absolute Gasteiger partial charge is 0.234 e. The van der Waals surface area contributed by atoms with Gasteiger partial charge < -0.3 is 14.6 Å². The number of hydrogen-bond acceptors (Lipinski definition) is 6. The van der Waals surface area contributed by atoms with E-state index in [1.165, 1.54) is 18.2 Å². The first-order valence-corrected chi connectivity index (χ1v) is 10.7. The van der Waals surface area contributed by atoms with E-state index in [0.717, 1.165) is 55.8 Å². The second-order valence-electron chi connectivity index (χ2n) is 6.99. The molecule has 1 aromatic carbocycles. The minimum atomic E-state index is -0.748. The summed E-state index contributed by atoms with van der Waals surface area (Å²) in [4.78, 5) is 14.5. The van der Waals surface area contributed by atoms with Gasteiger partial charge in [-0.15, -0.1) is 10.2 Å². The Morgan fingerprint density at radius 3 is 2.60 bits per heavy atom. The Bertz CT molecular complexity index is 983. The number of anilines is 2. The molecule has 1 saturated heterocycles. The van der Waals surface area contributed by atoms with E-state index in [1.807, 2.05) is 16.7 Å². The van der Waals surface area contributed by atoms with Gasteiger partial charge in [0.2, 0.25) is 11.9 Å². The molecule has 0 unspecified atom stereocenters. The van der Waals surface area contributed by atoms with Crippen LogP contribution in [0.4, 0.5) is 20.4 Å². The SMILES string of the molecule is O=C(CSc1nnc(N2CCCCC2)n1Cc1ccco1)Nc1cc(F)cc(F)c1. The van der Waals surface area contributed by atoms with Crippen LogP contribution >= 0.6 is 11.8 Å². The Morgan fingerprint density at radius 1 is 1.13 bits per heavy atom. The van der Waals surface area contributed by atoms with E-state index in [2.05, 4.69) is 20.4 Å². The molecule has 0 spiro atoms. The lowest BCUT2D eigenvalue weighted by molar-refractivity contribution is -0.113. The van der Waals surface area contributed by atoms with Gasteiger partial charge in [0.15, 0.2) is 5.16 Å². The van der Waals surface area contributed by atoms with Crippen molar-refractivity contribution in [2.45, 2.75) is 31.0 Å². The molecule has 158 valence electrons. The summed E-state index contributed by atoms with van der Waals surface area (Å²) in [6.45, 7) is 2.27. The van der Waals surface area contributed by atoms with Crippen LogP contribution in [0, 0.1) is 11.6 Å². The Balaban J connectivity index is 1.47. The summed E-state index contributed by atoms with van der Waals surface area (Å²) in [5, 5.41) is 11.7. The fourth-order valence-corrected chi connectivity index (χ4v) is 4.10. The molecule has 7 nitrogen and oxygen atoms in total. The van der Waals surface area contributed by atoms with E-state index in [1.54, 1.807) is 6.26 Å². The number of nitrogens with one attached hydrogen (secondary N) is 1. The van der Waals surface area contributed by atoms with Crippen molar-refractivity contribution in [2.75, 3.05) is 29.1 Å². The first kappa shape index (κ1) is 20.4. The second-order valence-corrected chi connectivity index (χ2v) is 7.93. The van der Waals surface area contributed by atoms with E-state index in [9.17, 15) is 13.6 Å². The Kier molecular flexibility index (Phi) is 6.32. The molecule has 1 aliphatic heterocycles. The van der Waals surface area contributed by atoms with Crippen molar-refractivity contribution in [3.63, 3.8) is 0 Å². The van der Waals surface area contributed by atoms with Crippen molar-refractivity contribution in [3.8, 4) is 0 Å². The Hall–Kier alpha value is -2.88. The van der Waals surface area contributed by atoms with E-state index in [4.69, 9.17) is 4.42 Å². The maximum absolute atomic E-state index is 13.3. The van der Waals surface area contributed by atoms with Crippen LogP contribution in [-0.4, -0.2) is 39.5 Å². The molecular weight excluding hydrogens is 412 g/mol. The molecule has 0 bridgehead atoms. The topological polar surface area (TPSA) is 76.2 Å². The minimum Gasteiger partial charge on any atom is -0.467 e. The zero-order valence-electron chi connectivity index (χ0n) is 16.2. The van der Waals surface area contributed by atoms with E-state index in [0.29, 0.717) is 11.7 Å². The first-order chi connectivity index (χ1) is 14.6. The number of rotatable bonds is 7. The van der Waals surface area contributed by atoms with Gasteiger partial charge in [0.05, 0.1) is 18.6 Å². The Labute approximate surface area is 176 Å². The lowest BCUT2D eigenvalue weighted by atomic mass is 10.1. The molecule has 4 rings (SSSR count). The number of thioether (sulfide) groups is 1. The lowest BCUT2D eigenvalue weighted by Crippen LogP contribution is -2.32. The van der Waals surface area contributed by atoms with Gasteiger partial charge in [-0.05, 0) is 43.5 Å². The molecule has 3 aromatic rings. The van der Waals surface area contributed by atoms with Gasteiger partial charge in [-0.1, -0.05) is 11.8 Å². The van der Waals surface area contributed by atoms with Gasteiger partial charge in [-0.2, -0.15) is 0 Å². The molecule has 3 heterocycles. The van der Waals surface area contributed by atoms with E-state index >= 15 is 0 Å². The number of aromatic nitrogens is 3. The van der Waals surface area contributed by atoms with Crippen molar-refractivity contribution in [2.24, 2.45) is 0 Å². The normalized spacial score (nSPS) is 14.1. The van der Waals surface area contributed by atoms with Crippen molar-refractivity contribution in [1.82, 2.24) is 14.8 Å². The minimum absolute atomic E-state index is 0.0222. The predicted molar refractivity (Wildman–Crippen MR) is 110 cm³/mol. The molecule has 0 atom stereocenters. The Morgan fingerprint density at radius 2 is 1.90 bits per heavy atom. The summed E-state index contributed by atoms with van der Waals surface area (Å²) in [6.07, 6.45) is 5.01. The third kappa shape index (κ3) is 4.99. The molecule has 0 saturated carbocycles. The quantitative estimate of drug-likeness (QED) is 0.569. The van der Waals surface area contributed by atoms with Crippen LogP contribution in [0.1, 0.15) is 25.0 Å². The van der Waals surface area contributed by atoms with Gasteiger partial charge in [0.25, 0.3) is 0 Å². The number of hydrogen-bond donors (Lipinski definition) is 1. The summed E-state index contributed by atoms with van der Waals surface area (Å²) < 4.78 is 34.0. The summed E-state index contributed by atoms with van der Waals surface area (Å²) in [7, 11) is 0. The monoisotopic (exact) mass is 433 g/mol. The highest BCUT2D eigenvalue weighted by Gasteiger charge is 2.21. The summed E-state index contributed by atoms with van der Waals surface area (Å²) in [5.74, 6) is -0.355. The second kappa shape index (κ2) is 9.29. The average Bonchev–Trinajstić information content (AvgIpc) is 3.37. The van der Waals surface area contributed by atoms with Crippen molar-refractivity contribution in [3.05, 3.63) is 54.0 Å². The number of carbonyl (C=O) groups is 1. The van der Waals surface area contributed by atoms with Crippen LogP contribution in [0.15, 0.2) is 46.2 Å². The van der Waals surface area contributed by atoms with Crippen molar-refractivity contribution in [1.29, 1.82) is 0 Å². The zero-order valence-corrected chi connectivity index (χ0v) is 17.0. The highest BCUT2D eigenvalue weighted by Crippen LogP contribution is 2.26. The summed E-state index contributed by atoms with van der Waals surface area (Å²) in [5.41, 5.74) is 0.0733. The van der Waals surface area contributed by atoms with Gasteiger partial charge in [0.1, 0.15) is 17.4 Å². The number of benzene rings is 1. The van der Waals surface area contributed by atoms with Crippen LogP contribution in [0.3, 0.4) is 0 Å². The average molecular weight is 433 g/mol. The number of carbonyl (C=O) groups excluding carboxylic acids is 1. The van der Waals surface area contributed by atoms with Gasteiger partial charge in [-0.25, -0.2) is 8.78 Å². The highest BCUT2D eigenvalue weighted by molar-refractivity contribution is 7.99. The summed E-state index contributed by atoms with van der Waals surface area (Å²) >= 11 is 1.21. The number of piperidine rings is 1. The molecular formula is C20H21F2N5O2S. The number of amides is 1. The molecule has 0 radical (unpaired) electrons. The molecule has 2 aromatic heterocycles. The van der Waals surface area contributed by atoms with Crippen LogP contribution in [0.2, 0.25) is 0 Å². The molecule has 1 amide bonds. The van der Waals surface area contributed by atoms with Crippen LogP contribution in [0.5, 0.6) is 0 Å². The molecule has 1 aliphatic rings. The predicted octanol–water partition coefficient (Wildman–Crippen LogP) is 3.92. The van der Waals surface area contributed by atoms with Gasteiger partial charge in [-0.3, -0.25) is 9.36 Å². The third-order valence-corrected chi connectivity index (χ3v) is 5.68. The number of halogens is 2. The van der Waals surface area contributed by atoms with Gasteiger partial charge in [0, 0.05) is 24.8 Å². The molecule has 0 aliphatic carbocycles. The number of furan rings is 1. The van der Waals surface area contributed by atoms with Crippen LogP contribution in [-0.2, 0) is 11.3 Å². The van der Waals surface area contributed by atoms with Crippen LogP contribution in [0.25, 0.3) is 0 Å². The van der Waals surface area contributed by atoms with Gasteiger partial charge >= 0.3 is 0 Å². The first-order valence-electron chi connectivity index (χ1n) is 9.68. The summed E-state index contributed by atoms with van der Waals surface area (Å²) in [6, 6.07) is 6.58. The largest absolute Gasteiger partial charge is 0.467 e. The lowest BCUT2D eigenvalue weighted by Gasteiger charge is -2.27. The van der Waals surface area contributed by atoms with E-state index in [-0.39, 0.29) is 11.4 Å². The highest BCUT2D eigenvalue weighted by atomic mass is 32.2. The third-order valence-electron chi connectivity index (χ3n) is 4.71. The number of nitrogens with zero attached hydrogens (tertiary/aromatic N) is 4. The molecule has 10 heteroatoms. The fraction of sp³-hybridized carbons (Fsp3) is 0.350. The standard InChI is InChI=1S/C20H21F2N5O2S/c21-14-9-15(22)11-16(10-14)23-18(28)13-30-20-25-24-19(26-6-2-1-3-7-26)27(20)12-17-5-4-8-29-17/h4-5,8-11H,1-3,6-7,12-13H2,(H,23,28).